The van der Waals surface area contributed by atoms with Crippen LogP contribution >= 0.6 is 0 Å². The van der Waals surface area contributed by atoms with Gasteiger partial charge in [-0.1, -0.05) is 42.0 Å². The van der Waals surface area contributed by atoms with E-state index in [1.54, 1.807) is 12.1 Å². The summed E-state index contributed by atoms with van der Waals surface area (Å²) in [4.78, 5) is 0. The fraction of sp³-hybridized carbons (Fsp3) is 0.273. The number of hydrogen-bond donors (Lipinski definition) is 2. The molecule has 0 unspecified atom stereocenters. The first-order chi connectivity index (χ1) is 11.4. The third-order valence-corrected chi connectivity index (χ3v) is 4.23. The van der Waals surface area contributed by atoms with Crippen molar-refractivity contribution in [2.24, 2.45) is 0 Å². The second kappa shape index (κ2) is 7.98. The quantitative estimate of drug-likeness (QED) is 0.588. The summed E-state index contributed by atoms with van der Waals surface area (Å²) in [5.74, 6) is 0.180. The Morgan fingerprint density at radius 2 is 1.75 bits per heavy atom. The smallest absolute Gasteiger partial charge is 0.116 e. The van der Waals surface area contributed by atoms with Gasteiger partial charge in [-0.25, -0.2) is 0 Å². The molecule has 24 heavy (non-hydrogen) atoms. The molecule has 0 bridgehead atoms. The van der Waals surface area contributed by atoms with Crippen LogP contribution < -0.4 is 0 Å². The van der Waals surface area contributed by atoms with Gasteiger partial charge in [-0.2, -0.15) is 0 Å². The number of rotatable bonds is 5. The second-order valence-electron chi connectivity index (χ2n) is 6.49. The van der Waals surface area contributed by atoms with Crippen LogP contribution in [-0.2, 0) is 13.0 Å². The van der Waals surface area contributed by atoms with Gasteiger partial charge < -0.3 is 10.2 Å². The van der Waals surface area contributed by atoms with Gasteiger partial charge in [-0.15, -0.1) is 0 Å². The van der Waals surface area contributed by atoms with Crippen molar-refractivity contribution in [2.45, 2.75) is 40.7 Å². The number of hydrogen-bond acceptors (Lipinski definition) is 2. The highest BCUT2D eigenvalue weighted by Gasteiger charge is 2.08. The maximum absolute atomic E-state index is 9.94. The summed E-state index contributed by atoms with van der Waals surface area (Å²) in [5.41, 5.74) is 7.65. The van der Waals surface area contributed by atoms with Crippen LogP contribution in [0.3, 0.4) is 0 Å². The first-order valence-electron chi connectivity index (χ1n) is 8.25. The molecule has 0 saturated carbocycles. The summed E-state index contributed by atoms with van der Waals surface area (Å²) < 4.78 is 0. The van der Waals surface area contributed by atoms with Gasteiger partial charge in [0.1, 0.15) is 5.75 Å². The molecule has 0 aliphatic carbocycles. The van der Waals surface area contributed by atoms with Gasteiger partial charge in [0.05, 0.1) is 6.61 Å². The number of aryl methyl sites for hydroxylation is 2. The van der Waals surface area contributed by atoms with Gasteiger partial charge in [-0.05, 0) is 79.6 Å². The van der Waals surface area contributed by atoms with Crippen LogP contribution in [0.15, 0.2) is 42.0 Å². The lowest BCUT2D eigenvalue weighted by Crippen LogP contribution is -1.97. The minimum atomic E-state index is -0.0786. The SMILES string of the molecule is CC(C)=CCc1c(/C=C/c2ccc(C)c(C)c2)cc(O)cc1CO. The maximum atomic E-state index is 9.94. The Balaban J connectivity index is 2.43. The van der Waals surface area contributed by atoms with Crippen molar-refractivity contribution in [2.75, 3.05) is 0 Å². The molecule has 0 aromatic heterocycles. The summed E-state index contributed by atoms with van der Waals surface area (Å²) in [6, 6.07) is 9.74. The van der Waals surface area contributed by atoms with Crippen LogP contribution in [0.2, 0.25) is 0 Å². The summed E-state index contributed by atoms with van der Waals surface area (Å²) in [5, 5.41) is 19.6. The predicted octanol–water partition coefficient (Wildman–Crippen LogP) is 5.18. The lowest BCUT2D eigenvalue weighted by atomic mass is 9.96. The Kier molecular flexibility index (Phi) is 5.99. The van der Waals surface area contributed by atoms with Crippen molar-refractivity contribution >= 4 is 12.2 Å². The van der Waals surface area contributed by atoms with E-state index in [4.69, 9.17) is 0 Å². The van der Waals surface area contributed by atoms with Crippen molar-refractivity contribution in [3.63, 3.8) is 0 Å². The molecular formula is C22H26O2. The van der Waals surface area contributed by atoms with Gasteiger partial charge >= 0.3 is 0 Å². The molecule has 0 amide bonds. The number of allylic oxidation sites excluding steroid dienone is 2. The molecule has 0 saturated heterocycles. The van der Waals surface area contributed by atoms with E-state index in [9.17, 15) is 10.2 Å². The van der Waals surface area contributed by atoms with Crippen LogP contribution in [0.1, 0.15) is 47.2 Å². The minimum Gasteiger partial charge on any atom is -0.508 e. The Morgan fingerprint density at radius 1 is 1.00 bits per heavy atom. The van der Waals surface area contributed by atoms with Gasteiger partial charge in [0.25, 0.3) is 0 Å². The molecule has 0 spiro atoms. The monoisotopic (exact) mass is 322 g/mol. The average molecular weight is 322 g/mol. The van der Waals surface area contributed by atoms with Crippen molar-refractivity contribution in [1.29, 1.82) is 0 Å². The molecule has 0 atom stereocenters. The number of benzene rings is 2. The Hall–Kier alpha value is -2.32. The van der Waals surface area contributed by atoms with Crippen LogP contribution in [0, 0.1) is 13.8 Å². The summed E-state index contributed by atoms with van der Waals surface area (Å²) in [6.07, 6.45) is 6.94. The highest BCUT2D eigenvalue weighted by molar-refractivity contribution is 5.73. The van der Waals surface area contributed by atoms with Crippen molar-refractivity contribution < 1.29 is 10.2 Å². The maximum Gasteiger partial charge on any atom is 0.116 e. The fourth-order valence-corrected chi connectivity index (χ4v) is 2.64. The third kappa shape index (κ3) is 4.59. The zero-order valence-electron chi connectivity index (χ0n) is 14.9. The fourth-order valence-electron chi connectivity index (χ4n) is 2.64. The van der Waals surface area contributed by atoms with Gasteiger partial charge in [0.2, 0.25) is 0 Å². The van der Waals surface area contributed by atoms with Crippen molar-refractivity contribution in [1.82, 2.24) is 0 Å². The first-order valence-corrected chi connectivity index (χ1v) is 8.25. The topological polar surface area (TPSA) is 40.5 Å². The zero-order valence-corrected chi connectivity index (χ0v) is 14.9. The highest BCUT2D eigenvalue weighted by Crippen LogP contribution is 2.25. The molecule has 2 N–H and O–H groups in total. The zero-order chi connectivity index (χ0) is 17.7. The van der Waals surface area contributed by atoms with Gasteiger partial charge in [0.15, 0.2) is 0 Å². The van der Waals surface area contributed by atoms with E-state index in [1.807, 2.05) is 12.2 Å². The molecule has 2 nitrogen and oxygen atoms in total. The summed E-state index contributed by atoms with van der Waals surface area (Å²) in [6.45, 7) is 8.24. The number of aliphatic hydroxyl groups is 1. The molecule has 2 aromatic carbocycles. The van der Waals surface area contributed by atoms with Crippen molar-refractivity contribution in [3.8, 4) is 5.75 Å². The number of phenolic OH excluding ortho intramolecular Hbond substituents is 1. The average Bonchev–Trinajstić information content (AvgIpc) is 2.54. The standard InChI is InChI=1S/C22H26O2/c1-15(2)5-10-22-19(12-21(24)13-20(22)14-23)9-8-18-7-6-16(3)17(4)11-18/h5-9,11-13,23-24H,10,14H2,1-4H3/b9-8+. The first kappa shape index (κ1) is 18.0. The van der Waals surface area contributed by atoms with E-state index in [0.29, 0.717) is 0 Å². The lowest BCUT2D eigenvalue weighted by molar-refractivity contribution is 0.280. The molecule has 126 valence electrons. The molecular weight excluding hydrogens is 296 g/mol. The summed E-state index contributed by atoms with van der Waals surface area (Å²) in [7, 11) is 0. The van der Waals surface area contributed by atoms with E-state index in [1.165, 1.54) is 16.7 Å². The van der Waals surface area contributed by atoms with E-state index >= 15 is 0 Å². The van der Waals surface area contributed by atoms with Gasteiger partial charge in [-0.3, -0.25) is 0 Å². The Labute approximate surface area is 144 Å². The number of phenols is 1. The Bertz CT molecular complexity index is 779. The molecule has 2 rings (SSSR count). The molecule has 0 heterocycles. The van der Waals surface area contributed by atoms with Crippen LogP contribution in [-0.4, -0.2) is 10.2 Å². The number of aliphatic hydroxyl groups excluding tert-OH is 1. The summed E-state index contributed by atoms with van der Waals surface area (Å²) >= 11 is 0. The largest absolute Gasteiger partial charge is 0.508 e. The second-order valence-corrected chi connectivity index (χ2v) is 6.49. The highest BCUT2D eigenvalue weighted by atomic mass is 16.3. The minimum absolute atomic E-state index is 0.0786. The van der Waals surface area contributed by atoms with E-state index in [-0.39, 0.29) is 12.4 Å². The molecule has 0 radical (unpaired) electrons. The lowest BCUT2D eigenvalue weighted by Gasteiger charge is -2.11. The molecule has 0 aliphatic heterocycles. The van der Waals surface area contributed by atoms with Gasteiger partial charge in [0, 0.05) is 0 Å². The Morgan fingerprint density at radius 3 is 2.38 bits per heavy atom. The van der Waals surface area contributed by atoms with E-state index in [0.717, 1.165) is 28.7 Å². The molecule has 0 aliphatic rings. The molecule has 0 fully saturated rings. The van der Waals surface area contributed by atoms with Crippen LogP contribution in [0.4, 0.5) is 0 Å². The normalized spacial score (nSPS) is 11.0. The molecule has 2 heteroatoms. The van der Waals surface area contributed by atoms with E-state index in [2.05, 4.69) is 52.0 Å². The molecule has 2 aromatic rings. The number of aromatic hydroxyl groups is 1. The van der Waals surface area contributed by atoms with Crippen LogP contribution in [0.5, 0.6) is 5.75 Å². The van der Waals surface area contributed by atoms with Crippen molar-refractivity contribution in [3.05, 3.63) is 75.4 Å². The third-order valence-electron chi connectivity index (χ3n) is 4.23. The van der Waals surface area contributed by atoms with Crippen LogP contribution in [0.25, 0.3) is 12.2 Å². The van der Waals surface area contributed by atoms with E-state index < -0.39 is 0 Å². The predicted molar refractivity (Wildman–Crippen MR) is 102 cm³/mol.